The van der Waals surface area contributed by atoms with E-state index in [0.29, 0.717) is 6.54 Å². The van der Waals surface area contributed by atoms with E-state index in [1.807, 2.05) is 6.07 Å². The van der Waals surface area contributed by atoms with Gasteiger partial charge >= 0.3 is 0 Å². The monoisotopic (exact) mass is 250 g/mol. The van der Waals surface area contributed by atoms with Crippen molar-refractivity contribution in [3.63, 3.8) is 0 Å². The van der Waals surface area contributed by atoms with Gasteiger partial charge in [0.25, 0.3) is 0 Å². The number of nitrogens with one attached hydrogen (secondary N) is 1. The molecule has 0 aliphatic rings. The van der Waals surface area contributed by atoms with E-state index in [-0.39, 0.29) is 12.4 Å². The number of rotatable bonds is 4. The van der Waals surface area contributed by atoms with Crippen LogP contribution in [-0.4, -0.2) is 10.1 Å². The highest BCUT2D eigenvalue weighted by molar-refractivity contribution is 5.37. The van der Waals surface area contributed by atoms with Crippen LogP contribution >= 0.6 is 0 Å². The summed E-state index contributed by atoms with van der Waals surface area (Å²) in [7, 11) is 0. The number of aliphatic hydroxyl groups excluding tert-OH is 1. The van der Waals surface area contributed by atoms with Crippen molar-refractivity contribution in [2.75, 3.05) is 5.32 Å². The minimum Gasteiger partial charge on any atom is -0.392 e. The molecular weight excluding hydrogens is 238 g/mol. The Balaban J connectivity index is 2.06. The third-order valence-electron chi connectivity index (χ3n) is 2.44. The smallest absolute Gasteiger partial charge is 0.168 e. The van der Waals surface area contributed by atoms with Gasteiger partial charge in [0.1, 0.15) is 5.82 Å². The molecule has 3 nitrogen and oxygen atoms in total. The van der Waals surface area contributed by atoms with Gasteiger partial charge in [-0.3, -0.25) is 0 Å². The molecule has 2 aromatic rings. The number of aromatic nitrogens is 1. The number of halogens is 2. The molecule has 0 bridgehead atoms. The van der Waals surface area contributed by atoms with Crippen molar-refractivity contribution >= 4 is 5.82 Å². The van der Waals surface area contributed by atoms with Gasteiger partial charge in [-0.1, -0.05) is 24.3 Å². The number of anilines is 1. The van der Waals surface area contributed by atoms with Gasteiger partial charge in [0, 0.05) is 12.6 Å². The summed E-state index contributed by atoms with van der Waals surface area (Å²) in [5.41, 5.74) is 1.66. The van der Waals surface area contributed by atoms with E-state index >= 15 is 0 Å². The van der Waals surface area contributed by atoms with Crippen molar-refractivity contribution < 1.29 is 13.9 Å². The molecule has 1 aromatic heterocycles. The maximum absolute atomic E-state index is 13.3. The lowest BCUT2D eigenvalue weighted by Crippen LogP contribution is -2.04. The van der Waals surface area contributed by atoms with Crippen LogP contribution in [0, 0.1) is 11.6 Å². The maximum atomic E-state index is 13.3. The summed E-state index contributed by atoms with van der Waals surface area (Å²) in [6.45, 7) is 0.306. The summed E-state index contributed by atoms with van der Waals surface area (Å²) in [6, 6.07) is 8.01. The lowest BCUT2D eigenvalue weighted by atomic mass is 10.1. The molecule has 0 unspecified atom stereocenters. The molecule has 0 amide bonds. The van der Waals surface area contributed by atoms with Gasteiger partial charge in [0.05, 0.1) is 12.8 Å². The second kappa shape index (κ2) is 5.55. The molecule has 1 aromatic carbocycles. The molecule has 18 heavy (non-hydrogen) atoms. The second-order valence-corrected chi connectivity index (χ2v) is 3.82. The van der Waals surface area contributed by atoms with Crippen LogP contribution < -0.4 is 5.32 Å². The molecule has 0 atom stereocenters. The zero-order valence-corrected chi connectivity index (χ0v) is 9.53. The standard InChI is InChI=1S/C13H12F2N2O/c14-11-5-12(15)13(17-7-11)16-6-9-2-1-3-10(4-9)8-18/h1-5,7,18H,6,8H2,(H,16,17). The van der Waals surface area contributed by atoms with Gasteiger partial charge in [0.2, 0.25) is 0 Å². The number of hydrogen-bond donors (Lipinski definition) is 2. The van der Waals surface area contributed by atoms with E-state index in [2.05, 4.69) is 10.3 Å². The maximum Gasteiger partial charge on any atom is 0.168 e. The molecule has 0 spiro atoms. The van der Waals surface area contributed by atoms with Crippen LogP contribution in [0.15, 0.2) is 36.5 Å². The summed E-state index contributed by atoms with van der Waals surface area (Å²) in [6.07, 6.45) is 0.954. The Labute approximate surface area is 103 Å². The van der Waals surface area contributed by atoms with Gasteiger partial charge in [-0.05, 0) is 11.1 Å². The normalized spacial score (nSPS) is 10.4. The topological polar surface area (TPSA) is 45.1 Å². The number of pyridine rings is 1. The van der Waals surface area contributed by atoms with Gasteiger partial charge in [-0.2, -0.15) is 0 Å². The SMILES string of the molecule is OCc1cccc(CNc2ncc(F)cc2F)c1. The molecule has 94 valence electrons. The average molecular weight is 250 g/mol. The Bertz CT molecular complexity index is 546. The highest BCUT2D eigenvalue weighted by Crippen LogP contribution is 2.13. The zero-order chi connectivity index (χ0) is 13.0. The summed E-state index contributed by atoms with van der Waals surface area (Å²) < 4.78 is 25.9. The van der Waals surface area contributed by atoms with E-state index < -0.39 is 11.6 Å². The van der Waals surface area contributed by atoms with E-state index in [1.165, 1.54) is 0 Å². The Hall–Kier alpha value is -2.01. The van der Waals surface area contributed by atoms with Gasteiger partial charge in [-0.25, -0.2) is 13.8 Å². The predicted octanol–water partition coefficient (Wildman–Crippen LogP) is 2.46. The molecule has 0 saturated heterocycles. The van der Waals surface area contributed by atoms with Crippen molar-refractivity contribution in [3.8, 4) is 0 Å². The van der Waals surface area contributed by atoms with Crippen LogP contribution in [0.25, 0.3) is 0 Å². The van der Waals surface area contributed by atoms with Crippen LogP contribution in [0.4, 0.5) is 14.6 Å². The van der Waals surface area contributed by atoms with Crippen molar-refractivity contribution in [1.29, 1.82) is 0 Å². The fourth-order valence-corrected chi connectivity index (χ4v) is 1.57. The Kier molecular flexibility index (Phi) is 3.84. The quantitative estimate of drug-likeness (QED) is 0.876. The number of nitrogens with zero attached hydrogens (tertiary/aromatic N) is 1. The van der Waals surface area contributed by atoms with Crippen molar-refractivity contribution in [2.24, 2.45) is 0 Å². The number of aliphatic hydroxyl groups is 1. The molecule has 2 rings (SSSR count). The van der Waals surface area contributed by atoms with Crippen molar-refractivity contribution in [2.45, 2.75) is 13.2 Å². The molecule has 5 heteroatoms. The molecule has 1 heterocycles. The van der Waals surface area contributed by atoms with Crippen LogP contribution in [0.2, 0.25) is 0 Å². The summed E-state index contributed by atoms with van der Waals surface area (Å²) in [4.78, 5) is 3.62. The van der Waals surface area contributed by atoms with Gasteiger partial charge < -0.3 is 10.4 Å². The van der Waals surface area contributed by atoms with Crippen LogP contribution in [0.5, 0.6) is 0 Å². The molecular formula is C13H12F2N2O. The highest BCUT2D eigenvalue weighted by Gasteiger charge is 2.04. The Morgan fingerprint density at radius 1 is 1.17 bits per heavy atom. The zero-order valence-electron chi connectivity index (χ0n) is 9.53. The second-order valence-electron chi connectivity index (χ2n) is 3.82. The minimum atomic E-state index is -0.728. The molecule has 0 fully saturated rings. The summed E-state index contributed by atoms with van der Waals surface area (Å²) in [5.74, 6) is -1.43. The number of hydrogen-bond acceptors (Lipinski definition) is 3. The van der Waals surface area contributed by atoms with Gasteiger partial charge in [0.15, 0.2) is 11.6 Å². The molecule has 0 radical (unpaired) electrons. The fourth-order valence-electron chi connectivity index (χ4n) is 1.57. The molecule has 0 aliphatic heterocycles. The third-order valence-corrected chi connectivity index (χ3v) is 2.44. The number of benzene rings is 1. The summed E-state index contributed by atoms with van der Waals surface area (Å²) in [5, 5.41) is 11.8. The Morgan fingerprint density at radius 3 is 2.67 bits per heavy atom. The van der Waals surface area contributed by atoms with E-state index in [9.17, 15) is 8.78 Å². The first-order chi connectivity index (χ1) is 8.69. The van der Waals surface area contributed by atoms with Crippen LogP contribution in [0.1, 0.15) is 11.1 Å². The van der Waals surface area contributed by atoms with Gasteiger partial charge in [-0.15, -0.1) is 0 Å². The first kappa shape index (κ1) is 12.4. The third kappa shape index (κ3) is 3.01. The minimum absolute atomic E-state index is 0.00537. The van der Waals surface area contributed by atoms with Crippen molar-refractivity contribution in [3.05, 3.63) is 59.3 Å². The first-order valence-electron chi connectivity index (χ1n) is 5.42. The van der Waals surface area contributed by atoms with Crippen molar-refractivity contribution in [1.82, 2.24) is 4.98 Å². The molecule has 0 aliphatic carbocycles. The van der Waals surface area contributed by atoms with E-state index in [4.69, 9.17) is 5.11 Å². The lowest BCUT2D eigenvalue weighted by molar-refractivity contribution is 0.281. The Morgan fingerprint density at radius 2 is 1.94 bits per heavy atom. The highest BCUT2D eigenvalue weighted by atomic mass is 19.1. The molecule has 2 N–H and O–H groups in total. The van der Waals surface area contributed by atoms with E-state index in [1.54, 1.807) is 18.2 Å². The van der Waals surface area contributed by atoms with E-state index in [0.717, 1.165) is 23.4 Å². The van der Waals surface area contributed by atoms with Crippen LogP contribution in [0.3, 0.4) is 0 Å². The molecule has 0 saturated carbocycles. The lowest BCUT2D eigenvalue weighted by Gasteiger charge is -2.07. The summed E-state index contributed by atoms with van der Waals surface area (Å²) >= 11 is 0. The van der Waals surface area contributed by atoms with Crippen LogP contribution in [-0.2, 0) is 13.2 Å². The largest absolute Gasteiger partial charge is 0.392 e. The first-order valence-corrected chi connectivity index (χ1v) is 5.42. The fraction of sp³-hybridized carbons (Fsp3) is 0.154. The average Bonchev–Trinajstić information content (AvgIpc) is 2.38. The predicted molar refractivity (Wildman–Crippen MR) is 63.8 cm³/mol.